The molecular formula is C14H10FN3O3. The highest BCUT2D eigenvalue weighted by molar-refractivity contribution is 6.48. The van der Waals surface area contributed by atoms with E-state index in [1.165, 1.54) is 30.5 Å². The van der Waals surface area contributed by atoms with E-state index in [0.29, 0.717) is 16.7 Å². The van der Waals surface area contributed by atoms with Gasteiger partial charge in [0.15, 0.2) is 5.82 Å². The normalized spacial score (nSPS) is 10.8. The molecule has 21 heavy (non-hydrogen) atoms. The number of Topliss-reactive ketones (excluding diaryl/α,β-unsaturated/α-hetero) is 1. The van der Waals surface area contributed by atoms with Crippen molar-refractivity contribution in [1.82, 2.24) is 10.1 Å². The SMILES string of the molecule is Cc1cc(NC(=O)C(=O)c2c[nH]c3ccc(F)cc23)no1. The molecule has 106 valence electrons. The summed E-state index contributed by atoms with van der Waals surface area (Å²) >= 11 is 0. The molecule has 2 N–H and O–H groups in total. The predicted octanol–water partition coefficient (Wildman–Crippen LogP) is 2.42. The van der Waals surface area contributed by atoms with E-state index in [-0.39, 0.29) is 11.4 Å². The van der Waals surface area contributed by atoms with E-state index < -0.39 is 17.5 Å². The number of hydrogen-bond donors (Lipinski definition) is 2. The molecule has 1 aromatic carbocycles. The number of aromatic nitrogens is 2. The maximum atomic E-state index is 13.3. The first-order valence-corrected chi connectivity index (χ1v) is 6.10. The van der Waals surface area contributed by atoms with Gasteiger partial charge < -0.3 is 14.8 Å². The lowest BCUT2D eigenvalue weighted by molar-refractivity contribution is -0.112. The number of ketones is 1. The van der Waals surface area contributed by atoms with Crippen molar-refractivity contribution in [2.45, 2.75) is 6.92 Å². The van der Waals surface area contributed by atoms with E-state index in [2.05, 4.69) is 15.5 Å². The maximum absolute atomic E-state index is 13.3. The number of hydrogen-bond acceptors (Lipinski definition) is 4. The zero-order chi connectivity index (χ0) is 15.0. The Labute approximate surface area is 117 Å². The summed E-state index contributed by atoms with van der Waals surface area (Å²) in [7, 11) is 0. The quantitative estimate of drug-likeness (QED) is 0.572. The third-order valence-corrected chi connectivity index (χ3v) is 2.96. The lowest BCUT2D eigenvalue weighted by atomic mass is 10.1. The Hall–Kier alpha value is -2.96. The molecule has 0 aliphatic heterocycles. The summed E-state index contributed by atoms with van der Waals surface area (Å²) in [6.07, 6.45) is 1.38. The van der Waals surface area contributed by atoms with Crippen LogP contribution in [0.1, 0.15) is 16.1 Å². The summed E-state index contributed by atoms with van der Waals surface area (Å²) in [5, 5.41) is 6.25. The van der Waals surface area contributed by atoms with Gasteiger partial charge in [-0.25, -0.2) is 4.39 Å². The Kier molecular flexibility index (Phi) is 3.02. The van der Waals surface area contributed by atoms with E-state index in [1.807, 2.05) is 0 Å². The highest BCUT2D eigenvalue weighted by atomic mass is 19.1. The smallest absolute Gasteiger partial charge is 0.298 e. The summed E-state index contributed by atoms with van der Waals surface area (Å²) in [5.41, 5.74) is 0.673. The van der Waals surface area contributed by atoms with Crippen molar-refractivity contribution in [1.29, 1.82) is 0 Å². The van der Waals surface area contributed by atoms with Gasteiger partial charge in [0, 0.05) is 23.2 Å². The first-order chi connectivity index (χ1) is 10.0. The molecular weight excluding hydrogens is 277 g/mol. The zero-order valence-corrected chi connectivity index (χ0v) is 10.9. The molecule has 0 aliphatic carbocycles. The number of amides is 1. The van der Waals surface area contributed by atoms with Gasteiger partial charge in [-0.05, 0) is 25.1 Å². The second kappa shape index (κ2) is 4.86. The van der Waals surface area contributed by atoms with Gasteiger partial charge in [-0.3, -0.25) is 9.59 Å². The van der Waals surface area contributed by atoms with Crippen LogP contribution in [0.15, 0.2) is 35.0 Å². The monoisotopic (exact) mass is 287 g/mol. The summed E-state index contributed by atoms with van der Waals surface area (Å²) in [6, 6.07) is 5.46. The van der Waals surface area contributed by atoms with Gasteiger partial charge in [0.1, 0.15) is 11.6 Å². The van der Waals surface area contributed by atoms with Gasteiger partial charge in [0.25, 0.3) is 11.7 Å². The summed E-state index contributed by atoms with van der Waals surface area (Å²) in [4.78, 5) is 26.8. The summed E-state index contributed by atoms with van der Waals surface area (Å²) in [6.45, 7) is 1.66. The number of aryl methyl sites for hydroxylation is 1. The fraction of sp³-hybridized carbons (Fsp3) is 0.0714. The van der Waals surface area contributed by atoms with Crippen LogP contribution in [0.5, 0.6) is 0 Å². The van der Waals surface area contributed by atoms with E-state index in [9.17, 15) is 14.0 Å². The van der Waals surface area contributed by atoms with E-state index in [0.717, 1.165) is 0 Å². The first kappa shape index (κ1) is 13.0. The minimum absolute atomic E-state index is 0.0993. The molecule has 3 aromatic rings. The number of nitrogens with one attached hydrogen (secondary N) is 2. The highest BCUT2D eigenvalue weighted by Gasteiger charge is 2.21. The molecule has 0 bridgehead atoms. The van der Waals surface area contributed by atoms with Crippen molar-refractivity contribution in [2.75, 3.05) is 5.32 Å². The second-order valence-electron chi connectivity index (χ2n) is 4.50. The topological polar surface area (TPSA) is 88.0 Å². The van der Waals surface area contributed by atoms with E-state index >= 15 is 0 Å². The minimum atomic E-state index is -0.867. The third kappa shape index (κ3) is 2.40. The zero-order valence-electron chi connectivity index (χ0n) is 10.9. The first-order valence-electron chi connectivity index (χ1n) is 6.10. The molecule has 1 amide bonds. The van der Waals surface area contributed by atoms with E-state index in [4.69, 9.17) is 4.52 Å². The van der Waals surface area contributed by atoms with Gasteiger partial charge in [0.05, 0.1) is 5.56 Å². The van der Waals surface area contributed by atoms with Crippen LogP contribution < -0.4 is 5.32 Å². The van der Waals surface area contributed by atoms with Crippen LogP contribution in [0.4, 0.5) is 10.2 Å². The fourth-order valence-corrected chi connectivity index (χ4v) is 2.00. The van der Waals surface area contributed by atoms with Crippen LogP contribution in [0.25, 0.3) is 10.9 Å². The molecule has 0 unspecified atom stereocenters. The molecule has 0 atom stereocenters. The van der Waals surface area contributed by atoms with Crippen molar-refractivity contribution in [3.8, 4) is 0 Å². The Morgan fingerprint density at radius 1 is 1.33 bits per heavy atom. The van der Waals surface area contributed by atoms with Gasteiger partial charge >= 0.3 is 0 Å². The standard InChI is InChI=1S/C14H10FN3O3/c1-7-4-12(18-21-7)17-14(20)13(19)10-6-16-11-3-2-8(15)5-9(10)11/h2-6,16H,1H3,(H,17,18,20). The van der Waals surface area contributed by atoms with Crippen molar-refractivity contribution in [3.63, 3.8) is 0 Å². The summed E-state index contributed by atoms with van der Waals surface area (Å²) < 4.78 is 18.1. The number of halogens is 1. The number of H-pyrrole nitrogens is 1. The van der Waals surface area contributed by atoms with Crippen LogP contribution in [-0.4, -0.2) is 21.8 Å². The minimum Gasteiger partial charge on any atom is -0.360 e. The van der Waals surface area contributed by atoms with Crippen molar-refractivity contribution in [3.05, 3.63) is 47.6 Å². The van der Waals surface area contributed by atoms with Gasteiger partial charge in [0.2, 0.25) is 0 Å². The van der Waals surface area contributed by atoms with Crippen molar-refractivity contribution < 1.29 is 18.5 Å². The van der Waals surface area contributed by atoms with Crippen molar-refractivity contribution in [2.24, 2.45) is 0 Å². The molecule has 0 saturated heterocycles. The van der Waals surface area contributed by atoms with Crippen LogP contribution >= 0.6 is 0 Å². The number of carbonyl (C=O) groups is 2. The summed E-state index contributed by atoms with van der Waals surface area (Å²) in [5.74, 6) is -1.48. The highest BCUT2D eigenvalue weighted by Crippen LogP contribution is 2.20. The number of aromatic amines is 1. The predicted molar refractivity (Wildman–Crippen MR) is 72.5 cm³/mol. The Balaban J connectivity index is 1.89. The van der Waals surface area contributed by atoms with Crippen LogP contribution in [-0.2, 0) is 4.79 Å². The number of fused-ring (bicyclic) bond motifs is 1. The Bertz CT molecular complexity index is 850. The number of benzene rings is 1. The van der Waals surface area contributed by atoms with Crippen LogP contribution in [0.2, 0.25) is 0 Å². The molecule has 6 nitrogen and oxygen atoms in total. The van der Waals surface area contributed by atoms with E-state index in [1.54, 1.807) is 6.92 Å². The third-order valence-electron chi connectivity index (χ3n) is 2.96. The molecule has 0 spiro atoms. The molecule has 0 radical (unpaired) electrons. The van der Waals surface area contributed by atoms with Crippen molar-refractivity contribution >= 4 is 28.4 Å². The molecule has 2 aromatic heterocycles. The van der Waals surface area contributed by atoms with Gasteiger partial charge in [-0.1, -0.05) is 5.16 Å². The van der Waals surface area contributed by atoms with Crippen LogP contribution in [0.3, 0.4) is 0 Å². The van der Waals surface area contributed by atoms with Gasteiger partial charge in [-0.15, -0.1) is 0 Å². The Morgan fingerprint density at radius 2 is 2.14 bits per heavy atom. The lowest BCUT2D eigenvalue weighted by Gasteiger charge is -1.99. The molecule has 0 aliphatic rings. The van der Waals surface area contributed by atoms with Gasteiger partial charge in [-0.2, -0.15) is 0 Å². The fourth-order valence-electron chi connectivity index (χ4n) is 2.00. The maximum Gasteiger partial charge on any atom is 0.298 e. The van der Waals surface area contributed by atoms with Crippen LogP contribution in [0, 0.1) is 12.7 Å². The average molecular weight is 287 g/mol. The largest absolute Gasteiger partial charge is 0.360 e. The number of rotatable bonds is 3. The molecule has 0 fully saturated rings. The second-order valence-corrected chi connectivity index (χ2v) is 4.50. The Morgan fingerprint density at radius 3 is 2.86 bits per heavy atom. The molecule has 7 heteroatoms. The number of carbonyl (C=O) groups excluding carboxylic acids is 2. The molecule has 3 rings (SSSR count). The average Bonchev–Trinajstić information content (AvgIpc) is 3.04. The number of nitrogens with zero attached hydrogens (tertiary/aromatic N) is 1. The lowest BCUT2D eigenvalue weighted by Crippen LogP contribution is -2.22. The molecule has 0 saturated carbocycles. The molecule has 2 heterocycles. The number of anilines is 1.